The number of hydrogen-bond acceptors (Lipinski definition) is 6. The van der Waals surface area contributed by atoms with Gasteiger partial charge in [0, 0.05) is 30.3 Å². The second kappa shape index (κ2) is 8.47. The largest absolute Gasteiger partial charge is 0.339 e. The zero-order valence-electron chi connectivity index (χ0n) is 19.4. The fraction of sp³-hybridized carbons (Fsp3) is 0.400. The number of pyridine rings is 1. The molecule has 0 aliphatic carbocycles. The van der Waals surface area contributed by atoms with E-state index in [4.69, 9.17) is 4.98 Å². The van der Waals surface area contributed by atoms with Gasteiger partial charge in [-0.1, -0.05) is 37.3 Å². The molecule has 2 N–H and O–H groups in total. The van der Waals surface area contributed by atoms with Gasteiger partial charge in [-0.25, -0.2) is 14.8 Å². The van der Waals surface area contributed by atoms with E-state index in [1.807, 2.05) is 37.8 Å². The first-order valence-corrected chi connectivity index (χ1v) is 12.4. The number of rotatable bonds is 4. The van der Waals surface area contributed by atoms with Gasteiger partial charge in [0.2, 0.25) is 0 Å². The Kier molecular flexibility index (Phi) is 5.59. The Bertz CT molecular complexity index is 1280. The summed E-state index contributed by atoms with van der Waals surface area (Å²) >= 11 is 1.65. The summed E-state index contributed by atoms with van der Waals surface area (Å²) < 4.78 is 0. The fourth-order valence-electron chi connectivity index (χ4n) is 4.90. The molecular formula is C25H27N5O3S. The molecule has 3 aromatic rings. The summed E-state index contributed by atoms with van der Waals surface area (Å²) in [5.74, 6) is -0.207. The van der Waals surface area contributed by atoms with E-state index < -0.39 is 11.6 Å². The molecule has 1 aromatic carbocycles. The van der Waals surface area contributed by atoms with E-state index in [1.165, 1.54) is 0 Å². The third kappa shape index (κ3) is 3.73. The van der Waals surface area contributed by atoms with E-state index in [0.717, 1.165) is 33.9 Å². The highest BCUT2D eigenvalue weighted by Gasteiger charge is 2.50. The van der Waals surface area contributed by atoms with Gasteiger partial charge in [0.05, 0.1) is 5.01 Å². The number of likely N-dealkylation sites (tertiary alicyclic amines) is 1. The van der Waals surface area contributed by atoms with Crippen LogP contribution in [0.5, 0.6) is 0 Å². The van der Waals surface area contributed by atoms with Gasteiger partial charge in [-0.15, -0.1) is 0 Å². The van der Waals surface area contributed by atoms with E-state index >= 15 is 0 Å². The minimum absolute atomic E-state index is 0.0231. The highest BCUT2D eigenvalue weighted by atomic mass is 32.1. The lowest BCUT2D eigenvalue weighted by Gasteiger charge is -2.32. The van der Waals surface area contributed by atoms with Crippen LogP contribution < -0.4 is 10.6 Å². The maximum absolute atomic E-state index is 13.1. The molecule has 1 atom stereocenters. The lowest BCUT2D eigenvalue weighted by molar-refractivity contribution is -0.125. The molecule has 0 bridgehead atoms. The number of nitrogens with one attached hydrogen (secondary N) is 2. The predicted octanol–water partition coefficient (Wildman–Crippen LogP) is 3.71. The third-order valence-corrected chi connectivity index (χ3v) is 8.02. The van der Waals surface area contributed by atoms with Gasteiger partial charge in [0.15, 0.2) is 0 Å². The van der Waals surface area contributed by atoms with Crippen molar-refractivity contribution in [2.24, 2.45) is 5.92 Å². The number of amides is 4. The van der Waals surface area contributed by atoms with Crippen LogP contribution in [-0.2, 0) is 10.3 Å². The number of nitrogens with zero attached hydrogens (tertiary/aromatic N) is 3. The number of aromatic nitrogens is 2. The van der Waals surface area contributed by atoms with E-state index in [9.17, 15) is 14.4 Å². The quantitative estimate of drug-likeness (QED) is 0.558. The number of carbonyl (C=O) groups is 3. The second-order valence-corrected chi connectivity index (χ2v) is 10.4. The summed E-state index contributed by atoms with van der Waals surface area (Å²) in [6.07, 6.45) is 1.73. The molecular weight excluding hydrogens is 450 g/mol. The van der Waals surface area contributed by atoms with Gasteiger partial charge in [0.1, 0.15) is 15.9 Å². The van der Waals surface area contributed by atoms with Crippen LogP contribution in [-0.4, -0.2) is 45.8 Å². The molecule has 34 heavy (non-hydrogen) atoms. The van der Waals surface area contributed by atoms with E-state index in [0.29, 0.717) is 30.1 Å². The standard InChI is InChI=1S/C25H27N5O3S/c1-14(2)25(23(32)28-24(33)29-25)18-7-5-17(6-8-18)22(31)30-12-10-16(11-13-30)20-27-19-9-4-15(3)26-21(19)34-20/h4-9,14,16H,10-13H2,1-3H3,(H2,28,29,32,33). The first-order chi connectivity index (χ1) is 16.3. The average molecular weight is 478 g/mol. The Balaban J connectivity index is 1.27. The molecule has 9 heteroatoms. The zero-order chi connectivity index (χ0) is 24.0. The highest BCUT2D eigenvalue weighted by Crippen LogP contribution is 2.35. The zero-order valence-corrected chi connectivity index (χ0v) is 20.2. The molecule has 1 unspecified atom stereocenters. The molecule has 2 saturated heterocycles. The Hall–Kier alpha value is -3.33. The summed E-state index contributed by atoms with van der Waals surface area (Å²) in [4.78, 5) is 49.7. The van der Waals surface area contributed by atoms with Crippen molar-refractivity contribution in [1.82, 2.24) is 25.5 Å². The molecule has 0 saturated carbocycles. The third-order valence-electron chi connectivity index (χ3n) is 6.89. The number of hydrogen-bond donors (Lipinski definition) is 2. The molecule has 4 heterocycles. The summed E-state index contributed by atoms with van der Waals surface area (Å²) in [7, 11) is 0. The Morgan fingerprint density at radius 2 is 1.79 bits per heavy atom. The van der Waals surface area contributed by atoms with Crippen LogP contribution in [0.15, 0.2) is 36.4 Å². The fourth-order valence-corrected chi connectivity index (χ4v) is 6.05. The maximum Gasteiger partial charge on any atom is 0.322 e. The summed E-state index contributed by atoms with van der Waals surface area (Å²) in [5, 5.41) is 6.20. The van der Waals surface area contributed by atoms with E-state index in [2.05, 4.69) is 15.6 Å². The van der Waals surface area contributed by atoms with Crippen molar-refractivity contribution in [3.63, 3.8) is 0 Å². The number of piperidine rings is 1. The molecule has 8 nitrogen and oxygen atoms in total. The van der Waals surface area contributed by atoms with E-state index in [-0.39, 0.29) is 17.7 Å². The van der Waals surface area contributed by atoms with Crippen LogP contribution >= 0.6 is 11.3 Å². The number of thiazole rings is 1. The van der Waals surface area contributed by atoms with Crippen molar-refractivity contribution in [1.29, 1.82) is 0 Å². The molecule has 2 aliphatic heterocycles. The van der Waals surface area contributed by atoms with Crippen LogP contribution in [0.25, 0.3) is 10.3 Å². The number of imide groups is 1. The van der Waals surface area contributed by atoms with Crippen molar-refractivity contribution in [2.45, 2.75) is 45.1 Å². The lowest BCUT2D eigenvalue weighted by atomic mass is 9.79. The SMILES string of the molecule is Cc1ccc2nc(C3CCN(C(=O)c4ccc(C5(C(C)C)NC(=O)NC5=O)cc4)CC3)sc2n1. The van der Waals surface area contributed by atoms with Gasteiger partial charge in [0.25, 0.3) is 11.8 Å². The van der Waals surface area contributed by atoms with Crippen molar-refractivity contribution in [3.8, 4) is 0 Å². The molecule has 4 amide bonds. The van der Waals surface area contributed by atoms with Crippen molar-refractivity contribution in [2.75, 3.05) is 13.1 Å². The summed E-state index contributed by atoms with van der Waals surface area (Å²) in [6, 6.07) is 10.5. The number of aryl methyl sites for hydroxylation is 1. The number of benzene rings is 1. The topological polar surface area (TPSA) is 104 Å². The number of urea groups is 1. The van der Waals surface area contributed by atoms with Crippen LogP contribution in [0.4, 0.5) is 4.79 Å². The van der Waals surface area contributed by atoms with Crippen LogP contribution in [0.3, 0.4) is 0 Å². The first kappa shape index (κ1) is 22.5. The van der Waals surface area contributed by atoms with Crippen LogP contribution in [0.1, 0.15) is 59.2 Å². The Morgan fingerprint density at radius 1 is 1.09 bits per heavy atom. The monoisotopic (exact) mass is 477 g/mol. The molecule has 0 radical (unpaired) electrons. The maximum atomic E-state index is 13.1. The second-order valence-electron chi connectivity index (χ2n) is 9.34. The first-order valence-electron chi connectivity index (χ1n) is 11.6. The molecule has 2 aromatic heterocycles. The summed E-state index contributed by atoms with van der Waals surface area (Å²) in [5.41, 5.74) is 2.05. The minimum Gasteiger partial charge on any atom is -0.339 e. The smallest absolute Gasteiger partial charge is 0.322 e. The summed E-state index contributed by atoms with van der Waals surface area (Å²) in [6.45, 7) is 7.09. The Labute approximate surface area is 201 Å². The number of fused-ring (bicyclic) bond motifs is 1. The molecule has 5 rings (SSSR count). The lowest BCUT2D eigenvalue weighted by Crippen LogP contribution is -2.48. The minimum atomic E-state index is -1.12. The van der Waals surface area contributed by atoms with Gasteiger partial charge < -0.3 is 10.2 Å². The molecule has 176 valence electrons. The molecule has 2 fully saturated rings. The predicted molar refractivity (Wildman–Crippen MR) is 130 cm³/mol. The van der Waals surface area contributed by atoms with Crippen LogP contribution in [0, 0.1) is 12.8 Å². The normalized spacial score (nSPS) is 21.2. The van der Waals surface area contributed by atoms with Crippen LogP contribution in [0.2, 0.25) is 0 Å². The molecule has 2 aliphatic rings. The van der Waals surface area contributed by atoms with Crippen molar-refractivity contribution >= 4 is 39.5 Å². The Morgan fingerprint density at radius 3 is 2.41 bits per heavy atom. The van der Waals surface area contributed by atoms with Crippen molar-refractivity contribution in [3.05, 3.63) is 58.2 Å². The van der Waals surface area contributed by atoms with Gasteiger partial charge in [-0.3, -0.25) is 14.9 Å². The van der Waals surface area contributed by atoms with E-state index in [1.54, 1.807) is 35.6 Å². The number of carbonyl (C=O) groups excluding carboxylic acids is 3. The van der Waals surface area contributed by atoms with Gasteiger partial charge in [-0.05, 0) is 55.5 Å². The average Bonchev–Trinajstić information content (AvgIpc) is 3.39. The van der Waals surface area contributed by atoms with Crippen molar-refractivity contribution < 1.29 is 14.4 Å². The van der Waals surface area contributed by atoms with Gasteiger partial charge in [-0.2, -0.15) is 0 Å². The highest BCUT2D eigenvalue weighted by molar-refractivity contribution is 7.18. The van der Waals surface area contributed by atoms with Gasteiger partial charge >= 0.3 is 6.03 Å². The molecule has 0 spiro atoms.